The van der Waals surface area contributed by atoms with Gasteiger partial charge in [0.2, 0.25) is 0 Å². The van der Waals surface area contributed by atoms with Crippen LogP contribution in [0.2, 0.25) is 0 Å². The number of nitrogens with one attached hydrogen (secondary N) is 1. The van der Waals surface area contributed by atoms with Crippen LogP contribution in [0, 0.1) is 5.92 Å². The summed E-state index contributed by atoms with van der Waals surface area (Å²) in [6, 6.07) is 2.84. The average molecular weight is 267 g/mol. The van der Waals surface area contributed by atoms with E-state index in [1.807, 2.05) is 11.3 Å². The molecule has 1 aliphatic heterocycles. The molecule has 0 spiro atoms. The Morgan fingerprint density at radius 2 is 2.17 bits per heavy atom. The Kier molecular flexibility index (Phi) is 5.67. The molecule has 1 aliphatic rings. The summed E-state index contributed by atoms with van der Waals surface area (Å²) in [5.74, 6) is 0.828. The molecule has 18 heavy (non-hydrogen) atoms. The van der Waals surface area contributed by atoms with Crippen LogP contribution in [0.4, 0.5) is 0 Å². The number of hydrogen-bond acceptors (Lipinski definition) is 3. The zero-order chi connectivity index (χ0) is 12.8. The number of aryl methyl sites for hydroxylation is 1. The number of rotatable bonds is 6. The lowest BCUT2D eigenvalue weighted by atomic mass is 9.91. The van der Waals surface area contributed by atoms with Crippen molar-refractivity contribution in [2.45, 2.75) is 45.6 Å². The summed E-state index contributed by atoms with van der Waals surface area (Å²) >= 11 is 1.92. The smallest absolute Gasteiger partial charge is 0.0468 e. The minimum absolute atomic E-state index is 0.549. The predicted molar refractivity (Wildman–Crippen MR) is 78.3 cm³/mol. The first-order chi connectivity index (χ1) is 8.85. The third-order valence-corrected chi connectivity index (χ3v) is 4.91. The van der Waals surface area contributed by atoms with Crippen molar-refractivity contribution in [2.24, 2.45) is 5.92 Å². The van der Waals surface area contributed by atoms with Gasteiger partial charge in [-0.1, -0.05) is 13.8 Å². The Bertz CT molecular complexity index is 344. The molecule has 0 bridgehead atoms. The number of ether oxygens (including phenoxy) is 1. The molecule has 0 saturated carbocycles. The van der Waals surface area contributed by atoms with Crippen LogP contribution in [-0.2, 0) is 11.2 Å². The van der Waals surface area contributed by atoms with Crippen LogP contribution < -0.4 is 5.32 Å². The summed E-state index contributed by atoms with van der Waals surface area (Å²) in [7, 11) is 0. The predicted octanol–water partition coefficient (Wildman–Crippen LogP) is 3.78. The van der Waals surface area contributed by atoms with Gasteiger partial charge in [-0.25, -0.2) is 0 Å². The van der Waals surface area contributed by atoms with Gasteiger partial charge in [0.25, 0.3) is 0 Å². The van der Waals surface area contributed by atoms with E-state index < -0.39 is 0 Å². The van der Waals surface area contributed by atoms with Crippen LogP contribution in [0.3, 0.4) is 0 Å². The van der Waals surface area contributed by atoms with E-state index in [0.717, 1.165) is 32.1 Å². The first kappa shape index (κ1) is 14.0. The Balaban J connectivity index is 2.02. The van der Waals surface area contributed by atoms with Crippen LogP contribution in [0.1, 0.15) is 49.6 Å². The normalized spacial score (nSPS) is 19.0. The van der Waals surface area contributed by atoms with E-state index in [1.165, 1.54) is 24.8 Å². The van der Waals surface area contributed by atoms with Crippen molar-refractivity contribution < 1.29 is 4.74 Å². The van der Waals surface area contributed by atoms with Gasteiger partial charge in [0.1, 0.15) is 0 Å². The molecular formula is C15H25NOS. The monoisotopic (exact) mass is 267 g/mol. The second-order valence-corrected chi connectivity index (χ2v) is 6.01. The summed E-state index contributed by atoms with van der Waals surface area (Å²) in [5.41, 5.74) is 1.53. The second kappa shape index (κ2) is 7.27. The third-order valence-electron chi connectivity index (χ3n) is 3.84. The molecule has 1 N–H and O–H groups in total. The maximum Gasteiger partial charge on any atom is 0.0468 e. The van der Waals surface area contributed by atoms with E-state index in [9.17, 15) is 0 Å². The molecule has 2 heterocycles. The van der Waals surface area contributed by atoms with E-state index >= 15 is 0 Å². The lowest BCUT2D eigenvalue weighted by molar-refractivity contribution is 0.0607. The summed E-state index contributed by atoms with van der Waals surface area (Å²) < 4.78 is 5.46. The van der Waals surface area contributed by atoms with Gasteiger partial charge in [-0.3, -0.25) is 0 Å². The minimum Gasteiger partial charge on any atom is -0.381 e. The first-order valence-electron chi connectivity index (χ1n) is 7.22. The Labute approximate surface area is 115 Å². The topological polar surface area (TPSA) is 21.3 Å². The lowest BCUT2D eigenvalue weighted by Crippen LogP contribution is -2.26. The number of thiophene rings is 1. The van der Waals surface area contributed by atoms with Crippen molar-refractivity contribution in [1.29, 1.82) is 0 Å². The van der Waals surface area contributed by atoms with Crippen molar-refractivity contribution in [3.63, 3.8) is 0 Å². The van der Waals surface area contributed by atoms with Crippen LogP contribution in [0.25, 0.3) is 0 Å². The van der Waals surface area contributed by atoms with Crippen molar-refractivity contribution in [3.8, 4) is 0 Å². The van der Waals surface area contributed by atoms with Crippen molar-refractivity contribution in [2.75, 3.05) is 19.8 Å². The summed E-state index contributed by atoms with van der Waals surface area (Å²) in [5, 5.41) is 5.92. The standard InChI is InChI=1S/C15H25NOS/c1-3-13-7-10-18-15(13)14(16-4-2)11-12-5-8-17-9-6-12/h7,10,12,14,16H,3-6,8-9,11H2,1-2H3. The molecule has 1 aromatic rings. The highest BCUT2D eigenvalue weighted by Gasteiger charge is 2.22. The fraction of sp³-hybridized carbons (Fsp3) is 0.733. The fourth-order valence-corrected chi connectivity index (χ4v) is 3.88. The fourth-order valence-electron chi connectivity index (χ4n) is 2.79. The van der Waals surface area contributed by atoms with Crippen LogP contribution >= 0.6 is 11.3 Å². The van der Waals surface area contributed by atoms with E-state index in [0.29, 0.717) is 6.04 Å². The molecule has 0 amide bonds. The molecule has 1 atom stereocenters. The highest BCUT2D eigenvalue weighted by atomic mass is 32.1. The van der Waals surface area contributed by atoms with E-state index in [1.54, 1.807) is 4.88 Å². The zero-order valence-electron chi connectivity index (χ0n) is 11.6. The Hall–Kier alpha value is -0.380. The van der Waals surface area contributed by atoms with E-state index in [4.69, 9.17) is 4.74 Å². The first-order valence-corrected chi connectivity index (χ1v) is 8.10. The molecule has 1 unspecified atom stereocenters. The van der Waals surface area contributed by atoms with Gasteiger partial charge in [0.05, 0.1) is 0 Å². The van der Waals surface area contributed by atoms with Gasteiger partial charge >= 0.3 is 0 Å². The van der Waals surface area contributed by atoms with Gasteiger partial charge in [-0.2, -0.15) is 0 Å². The van der Waals surface area contributed by atoms with Gasteiger partial charge in [0, 0.05) is 24.1 Å². The van der Waals surface area contributed by atoms with Crippen LogP contribution in [0.5, 0.6) is 0 Å². The van der Waals surface area contributed by atoms with Crippen molar-refractivity contribution in [1.82, 2.24) is 5.32 Å². The van der Waals surface area contributed by atoms with Gasteiger partial charge in [-0.15, -0.1) is 11.3 Å². The largest absolute Gasteiger partial charge is 0.381 e. The molecule has 3 heteroatoms. The number of hydrogen-bond donors (Lipinski definition) is 1. The molecule has 0 aliphatic carbocycles. The van der Waals surface area contributed by atoms with Gasteiger partial charge in [0.15, 0.2) is 0 Å². The van der Waals surface area contributed by atoms with Crippen LogP contribution in [-0.4, -0.2) is 19.8 Å². The molecule has 0 radical (unpaired) electrons. The zero-order valence-corrected chi connectivity index (χ0v) is 12.4. The summed E-state index contributed by atoms with van der Waals surface area (Å²) in [4.78, 5) is 1.56. The summed E-state index contributed by atoms with van der Waals surface area (Å²) in [6.07, 6.45) is 4.88. The lowest BCUT2D eigenvalue weighted by Gasteiger charge is -2.27. The Morgan fingerprint density at radius 1 is 1.39 bits per heavy atom. The molecule has 1 saturated heterocycles. The highest BCUT2D eigenvalue weighted by Crippen LogP contribution is 2.32. The van der Waals surface area contributed by atoms with E-state index in [2.05, 4.69) is 30.6 Å². The molecular weight excluding hydrogens is 242 g/mol. The quantitative estimate of drug-likeness (QED) is 0.847. The SMILES string of the molecule is CCNC(CC1CCOCC1)c1sccc1CC. The molecule has 1 fully saturated rings. The van der Waals surface area contributed by atoms with E-state index in [-0.39, 0.29) is 0 Å². The second-order valence-electron chi connectivity index (χ2n) is 5.07. The van der Waals surface area contributed by atoms with Crippen molar-refractivity contribution in [3.05, 3.63) is 21.9 Å². The highest BCUT2D eigenvalue weighted by molar-refractivity contribution is 7.10. The van der Waals surface area contributed by atoms with Crippen molar-refractivity contribution >= 4 is 11.3 Å². The average Bonchev–Trinajstić information content (AvgIpc) is 2.87. The maximum absolute atomic E-state index is 5.46. The van der Waals surface area contributed by atoms with Crippen LogP contribution in [0.15, 0.2) is 11.4 Å². The minimum atomic E-state index is 0.549. The molecule has 2 rings (SSSR count). The maximum atomic E-state index is 5.46. The Morgan fingerprint density at radius 3 is 2.83 bits per heavy atom. The van der Waals surface area contributed by atoms with Gasteiger partial charge < -0.3 is 10.1 Å². The molecule has 2 nitrogen and oxygen atoms in total. The molecule has 1 aromatic heterocycles. The van der Waals surface area contributed by atoms with Gasteiger partial charge in [-0.05, 0) is 55.2 Å². The third kappa shape index (κ3) is 3.56. The molecule has 0 aromatic carbocycles. The summed E-state index contributed by atoms with van der Waals surface area (Å²) in [6.45, 7) is 7.41. The molecule has 102 valence electrons.